The monoisotopic (exact) mass is 325 g/mol. The Morgan fingerprint density at radius 3 is 2.75 bits per heavy atom. The van der Waals surface area contributed by atoms with Crippen molar-refractivity contribution in [1.82, 2.24) is 15.1 Å². The third-order valence-electron chi connectivity index (χ3n) is 6.13. The van der Waals surface area contributed by atoms with Crippen molar-refractivity contribution in [3.8, 4) is 0 Å². The third-order valence-corrected chi connectivity index (χ3v) is 6.13. The van der Waals surface area contributed by atoms with Gasteiger partial charge in [-0.25, -0.2) is 0 Å². The number of hydrogen-bond acceptors (Lipinski definition) is 3. The standard InChI is InChI=1S/C20H27N3O/c1-22-12-7-15(14-22)23(2)19(24)17-13-20(8-10-21-11-9-20)18-6-4-3-5-16(17)18/h3-6,13,15,21H,7-12,14H2,1-2H3. The number of benzene rings is 1. The molecule has 2 aliphatic heterocycles. The van der Waals surface area contributed by atoms with Crippen LogP contribution in [0.2, 0.25) is 0 Å². The number of amides is 1. The maximum Gasteiger partial charge on any atom is 0.254 e. The summed E-state index contributed by atoms with van der Waals surface area (Å²) in [6.07, 6.45) is 5.52. The second-order valence-corrected chi connectivity index (χ2v) is 7.63. The molecule has 1 aliphatic carbocycles. The molecule has 2 saturated heterocycles. The van der Waals surface area contributed by atoms with Gasteiger partial charge in [0.05, 0.1) is 0 Å². The van der Waals surface area contributed by atoms with Crippen LogP contribution in [0.4, 0.5) is 0 Å². The van der Waals surface area contributed by atoms with Crippen LogP contribution < -0.4 is 5.32 Å². The topological polar surface area (TPSA) is 35.6 Å². The Balaban J connectivity index is 1.67. The first-order valence-electron chi connectivity index (χ1n) is 9.10. The highest BCUT2D eigenvalue weighted by molar-refractivity contribution is 6.21. The fourth-order valence-corrected chi connectivity index (χ4v) is 4.63. The Bertz CT molecular complexity index is 675. The molecule has 0 radical (unpaired) electrons. The van der Waals surface area contributed by atoms with Gasteiger partial charge in [-0.3, -0.25) is 4.79 Å². The molecule has 1 unspecified atom stereocenters. The molecule has 128 valence electrons. The van der Waals surface area contributed by atoms with E-state index in [0.29, 0.717) is 6.04 Å². The normalized spacial score (nSPS) is 25.6. The van der Waals surface area contributed by atoms with E-state index in [0.717, 1.165) is 56.6 Å². The average Bonchev–Trinajstić information content (AvgIpc) is 3.17. The van der Waals surface area contributed by atoms with Gasteiger partial charge in [0.25, 0.3) is 5.91 Å². The maximum atomic E-state index is 13.3. The van der Waals surface area contributed by atoms with E-state index >= 15 is 0 Å². The molecule has 1 aromatic rings. The molecule has 2 fully saturated rings. The molecular formula is C20H27N3O. The largest absolute Gasteiger partial charge is 0.337 e. The Hall–Kier alpha value is -1.65. The third kappa shape index (κ3) is 2.49. The molecule has 4 nitrogen and oxygen atoms in total. The number of likely N-dealkylation sites (N-methyl/N-ethyl adjacent to an activating group) is 2. The molecule has 0 saturated carbocycles. The summed E-state index contributed by atoms with van der Waals surface area (Å²) in [7, 11) is 4.11. The number of piperidine rings is 1. The minimum Gasteiger partial charge on any atom is -0.337 e. The number of carbonyl (C=O) groups is 1. The van der Waals surface area contributed by atoms with Crippen LogP contribution in [-0.2, 0) is 10.2 Å². The number of likely N-dealkylation sites (tertiary alicyclic amines) is 1. The Kier molecular flexibility index (Phi) is 3.97. The van der Waals surface area contributed by atoms with Crippen LogP contribution in [0.15, 0.2) is 30.3 Å². The lowest BCUT2D eigenvalue weighted by atomic mass is 9.75. The average molecular weight is 325 g/mol. The van der Waals surface area contributed by atoms with Gasteiger partial charge in [-0.05, 0) is 57.1 Å². The number of nitrogens with zero attached hydrogens (tertiary/aromatic N) is 2. The summed E-state index contributed by atoms with van der Waals surface area (Å²) >= 11 is 0. The quantitative estimate of drug-likeness (QED) is 0.902. The minimum absolute atomic E-state index is 0.0557. The smallest absolute Gasteiger partial charge is 0.254 e. The lowest BCUT2D eigenvalue weighted by Crippen LogP contribution is -2.39. The van der Waals surface area contributed by atoms with E-state index in [1.54, 1.807) is 0 Å². The zero-order valence-corrected chi connectivity index (χ0v) is 14.7. The zero-order chi connectivity index (χ0) is 16.7. The first-order valence-corrected chi connectivity index (χ1v) is 9.10. The summed E-state index contributed by atoms with van der Waals surface area (Å²) in [5.74, 6) is 0.193. The molecule has 4 rings (SSSR count). The summed E-state index contributed by atoms with van der Waals surface area (Å²) in [5, 5.41) is 3.45. The van der Waals surface area contributed by atoms with Gasteiger partial charge in [0.2, 0.25) is 0 Å². The highest BCUT2D eigenvalue weighted by Gasteiger charge is 2.41. The van der Waals surface area contributed by atoms with E-state index in [1.807, 2.05) is 11.9 Å². The molecule has 0 bridgehead atoms. The van der Waals surface area contributed by atoms with E-state index in [1.165, 1.54) is 5.56 Å². The number of fused-ring (bicyclic) bond motifs is 2. The van der Waals surface area contributed by atoms with Crippen molar-refractivity contribution in [2.75, 3.05) is 40.3 Å². The van der Waals surface area contributed by atoms with Crippen LogP contribution in [0.5, 0.6) is 0 Å². The molecular weight excluding hydrogens is 298 g/mol. The molecule has 4 heteroatoms. The summed E-state index contributed by atoms with van der Waals surface area (Å²) in [6, 6.07) is 8.86. The van der Waals surface area contributed by atoms with E-state index in [4.69, 9.17) is 0 Å². The maximum absolute atomic E-state index is 13.3. The molecule has 1 aromatic carbocycles. The van der Waals surface area contributed by atoms with Crippen LogP contribution in [0.1, 0.15) is 30.4 Å². The molecule has 24 heavy (non-hydrogen) atoms. The molecule has 1 N–H and O–H groups in total. The lowest BCUT2D eigenvalue weighted by Gasteiger charge is -2.33. The second kappa shape index (κ2) is 6.01. The van der Waals surface area contributed by atoms with Gasteiger partial charge in [0, 0.05) is 30.6 Å². The Labute approximate surface area is 144 Å². The van der Waals surface area contributed by atoms with E-state index < -0.39 is 0 Å². The highest BCUT2D eigenvalue weighted by atomic mass is 16.2. The molecule has 1 amide bonds. The summed E-state index contributed by atoms with van der Waals surface area (Å²) in [4.78, 5) is 17.5. The van der Waals surface area contributed by atoms with Gasteiger partial charge >= 0.3 is 0 Å². The van der Waals surface area contributed by atoms with Crippen molar-refractivity contribution >= 4 is 11.5 Å². The first-order chi connectivity index (χ1) is 11.6. The number of carbonyl (C=O) groups excluding carboxylic acids is 1. The van der Waals surface area contributed by atoms with Crippen molar-refractivity contribution in [2.24, 2.45) is 0 Å². The predicted molar refractivity (Wildman–Crippen MR) is 96.9 cm³/mol. The number of rotatable bonds is 2. The number of hydrogen-bond donors (Lipinski definition) is 1. The first kappa shape index (κ1) is 15.9. The van der Waals surface area contributed by atoms with Crippen molar-refractivity contribution < 1.29 is 4.79 Å². The van der Waals surface area contributed by atoms with Gasteiger partial charge in [0.15, 0.2) is 0 Å². The highest BCUT2D eigenvalue weighted by Crippen LogP contribution is 2.46. The molecule has 1 spiro atoms. The summed E-state index contributed by atoms with van der Waals surface area (Å²) in [5.41, 5.74) is 3.49. The molecule has 2 heterocycles. The fourth-order valence-electron chi connectivity index (χ4n) is 4.63. The van der Waals surface area contributed by atoms with Gasteiger partial charge < -0.3 is 15.1 Å². The van der Waals surface area contributed by atoms with Gasteiger partial charge in [-0.2, -0.15) is 0 Å². The Morgan fingerprint density at radius 2 is 2.04 bits per heavy atom. The fraction of sp³-hybridized carbons (Fsp3) is 0.550. The Morgan fingerprint density at radius 1 is 1.29 bits per heavy atom. The zero-order valence-electron chi connectivity index (χ0n) is 14.7. The minimum atomic E-state index is 0.0557. The van der Waals surface area contributed by atoms with Crippen molar-refractivity contribution in [3.05, 3.63) is 41.5 Å². The lowest BCUT2D eigenvalue weighted by molar-refractivity contribution is -0.125. The van der Waals surface area contributed by atoms with Crippen LogP contribution in [0, 0.1) is 0 Å². The van der Waals surface area contributed by atoms with Crippen LogP contribution in [-0.4, -0.2) is 62.0 Å². The van der Waals surface area contributed by atoms with Crippen molar-refractivity contribution in [3.63, 3.8) is 0 Å². The van der Waals surface area contributed by atoms with Crippen molar-refractivity contribution in [2.45, 2.75) is 30.7 Å². The van der Waals surface area contributed by atoms with Gasteiger partial charge in [-0.1, -0.05) is 30.3 Å². The van der Waals surface area contributed by atoms with Gasteiger partial charge in [-0.15, -0.1) is 0 Å². The SMILES string of the molecule is CN1CCC(N(C)C(=O)C2=CC3(CCNCC3)c3ccccc32)C1. The van der Waals surface area contributed by atoms with Crippen LogP contribution in [0.3, 0.4) is 0 Å². The van der Waals surface area contributed by atoms with E-state index in [2.05, 4.69) is 47.6 Å². The molecule has 1 atom stereocenters. The molecule has 3 aliphatic rings. The summed E-state index contributed by atoms with van der Waals surface area (Å²) < 4.78 is 0. The van der Waals surface area contributed by atoms with Crippen LogP contribution >= 0.6 is 0 Å². The second-order valence-electron chi connectivity index (χ2n) is 7.63. The van der Waals surface area contributed by atoms with Crippen LogP contribution in [0.25, 0.3) is 5.57 Å². The summed E-state index contributed by atoms with van der Waals surface area (Å²) in [6.45, 7) is 4.10. The number of nitrogens with one attached hydrogen (secondary N) is 1. The van der Waals surface area contributed by atoms with E-state index in [-0.39, 0.29) is 11.3 Å². The van der Waals surface area contributed by atoms with E-state index in [9.17, 15) is 4.79 Å². The van der Waals surface area contributed by atoms with Crippen molar-refractivity contribution in [1.29, 1.82) is 0 Å². The van der Waals surface area contributed by atoms with Gasteiger partial charge in [0.1, 0.15) is 0 Å². The molecule has 0 aromatic heterocycles. The predicted octanol–water partition coefficient (Wildman–Crippen LogP) is 1.87. The number of allylic oxidation sites excluding steroid dienone is 1.